The molecule has 4 heterocycles. The molecule has 2 aliphatic heterocycles. The van der Waals surface area contributed by atoms with Crippen LogP contribution in [-0.4, -0.2) is 108 Å². The van der Waals surface area contributed by atoms with E-state index < -0.39 is 57.3 Å². The van der Waals surface area contributed by atoms with Gasteiger partial charge >= 0.3 is 0 Å². The van der Waals surface area contributed by atoms with Gasteiger partial charge < -0.3 is 24.7 Å². The van der Waals surface area contributed by atoms with Crippen LogP contribution in [0, 0.1) is 27.7 Å². The van der Waals surface area contributed by atoms with Crippen LogP contribution in [0.4, 0.5) is 5.69 Å². The van der Waals surface area contributed by atoms with Crippen molar-refractivity contribution < 1.29 is 46.7 Å². The fourth-order valence-electron chi connectivity index (χ4n) is 8.79. The second-order valence-corrected chi connectivity index (χ2v) is 19.4. The van der Waals surface area contributed by atoms with Crippen molar-refractivity contribution in [1.29, 1.82) is 0 Å². The number of aryl methyl sites for hydroxylation is 6. The number of amides is 6. The second-order valence-electron chi connectivity index (χ2n) is 16.8. The highest BCUT2D eigenvalue weighted by Gasteiger charge is 2.45. The maximum absolute atomic E-state index is 14.1. The predicted octanol–water partition coefficient (Wildman–Crippen LogP) is 5.23. The Hall–Kier alpha value is -6.28. The fourth-order valence-corrected chi connectivity index (χ4v) is 9.99. The minimum atomic E-state index is -4.26. The standard InChI is InChI=1S/C47H52Cl2N8O10S/c1-25-23-29(24-26(2)41(25)49)67-19-8-10-30-31-12-13-33(48)40(38-27(3)53-56(6)28(38)4)42(31)55(5)43(30)45(61)54-68(64,65)22-18-51-36(58)16-20-66-21-17-50-34-11-7-9-32-39(34)47(63)57(46(32)62)35-14-15-37(59)52-44(35)60/h7,9,11-13,23-24,35,50H,8,10,14-22H2,1-6H3,(H,51,58)(H,54,61)(H,52,59,60). The molecule has 5 aromatic rings. The van der Waals surface area contributed by atoms with Gasteiger partial charge in [-0.25, -0.2) is 13.1 Å². The molecule has 1 atom stereocenters. The van der Waals surface area contributed by atoms with Crippen LogP contribution in [0.3, 0.4) is 0 Å². The van der Waals surface area contributed by atoms with E-state index in [1.807, 2.05) is 52.9 Å². The van der Waals surface area contributed by atoms with Crippen LogP contribution in [-0.2, 0) is 49.7 Å². The topological polar surface area (TPSA) is 229 Å². The summed E-state index contributed by atoms with van der Waals surface area (Å²) in [6.45, 7) is 7.90. The first kappa shape index (κ1) is 49.6. The Morgan fingerprint density at radius 2 is 1.65 bits per heavy atom. The van der Waals surface area contributed by atoms with Gasteiger partial charge in [0.25, 0.3) is 17.7 Å². The zero-order valence-corrected chi connectivity index (χ0v) is 40.8. The molecule has 360 valence electrons. The van der Waals surface area contributed by atoms with E-state index in [2.05, 4.69) is 25.8 Å². The van der Waals surface area contributed by atoms with Crippen molar-refractivity contribution in [3.05, 3.63) is 97.4 Å². The minimum absolute atomic E-state index is 0.00556. The van der Waals surface area contributed by atoms with Gasteiger partial charge in [-0.3, -0.25) is 43.7 Å². The van der Waals surface area contributed by atoms with Crippen molar-refractivity contribution in [3.8, 4) is 16.9 Å². The molecule has 0 saturated carbocycles. The van der Waals surface area contributed by atoms with E-state index in [1.165, 1.54) is 6.07 Å². The van der Waals surface area contributed by atoms with Gasteiger partial charge in [0.1, 0.15) is 17.5 Å². The lowest BCUT2D eigenvalue weighted by molar-refractivity contribution is -0.136. The van der Waals surface area contributed by atoms with Crippen molar-refractivity contribution >= 4 is 85.3 Å². The number of benzene rings is 3. The third kappa shape index (κ3) is 10.3. The molecule has 0 bridgehead atoms. The zero-order valence-electron chi connectivity index (χ0n) is 38.4. The number of nitrogens with one attached hydrogen (secondary N) is 4. The summed E-state index contributed by atoms with van der Waals surface area (Å²) in [5, 5.41) is 14.2. The molecule has 1 unspecified atom stereocenters. The SMILES string of the molecule is Cc1cc(OCCCc2c(C(=O)NS(=O)(=O)CCNC(=O)CCOCCNc3cccc4c3C(=O)N(C3CCC(=O)NC3=O)C4=O)n(C)c3c(-c4c(C)nn(C)c4C)c(Cl)ccc23)cc(C)c1Cl. The summed E-state index contributed by atoms with van der Waals surface area (Å²) in [4.78, 5) is 78.2. The number of anilines is 1. The Balaban J connectivity index is 0.939. The highest BCUT2D eigenvalue weighted by molar-refractivity contribution is 7.90. The third-order valence-electron chi connectivity index (χ3n) is 12.1. The number of imide groups is 2. The van der Waals surface area contributed by atoms with Crippen molar-refractivity contribution in [2.45, 2.75) is 65.8 Å². The van der Waals surface area contributed by atoms with Crippen molar-refractivity contribution in [2.75, 3.05) is 44.0 Å². The Kier molecular flexibility index (Phi) is 15.0. The number of nitrogens with zero attached hydrogens (tertiary/aromatic N) is 4. The Morgan fingerprint density at radius 3 is 2.34 bits per heavy atom. The molecule has 0 aliphatic carbocycles. The predicted molar refractivity (Wildman–Crippen MR) is 256 cm³/mol. The number of halogens is 2. The summed E-state index contributed by atoms with van der Waals surface area (Å²) in [5.41, 5.74) is 6.79. The van der Waals surface area contributed by atoms with Gasteiger partial charge in [0.15, 0.2) is 0 Å². The number of sulfonamides is 1. The van der Waals surface area contributed by atoms with Crippen LogP contribution in [0.15, 0.2) is 42.5 Å². The van der Waals surface area contributed by atoms with Gasteiger partial charge in [-0.05, 0) is 94.0 Å². The molecule has 4 N–H and O–H groups in total. The fraction of sp³-hybridized carbons (Fsp3) is 0.383. The van der Waals surface area contributed by atoms with Crippen molar-refractivity contribution in [2.24, 2.45) is 14.1 Å². The molecule has 1 fully saturated rings. The number of hydrogen-bond donors (Lipinski definition) is 4. The van der Waals surface area contributed by atoms with E-state index >= 15 is 0 Å². The average molecular weight is 992 g/mol. The maximum Gasteiger partial charge on any atom is 0.281 e. The first-order chi connectivity index (χ1) is 32.3. The molecule has 7 rings (SSSR count). The van der Waals surface area contributed by atoms with E-state index in [4.69, 9.17) is 32.7 Å². The largest absolute Gasteiger partial charge is 0.494 e. The summed E-state index contributed by atoms with van der Waals surface area (Å²) in [6, 6.07) is 10.9. The molecule has 18 nitrogen and oxygen atoms in total. The van der Waals surface area contributed by atoms with Gasteiger partial charge in [0.05, 0.1) is 52.9 Å². The molecule has 6 amide bonds. The van der Waals surface area contributed by atoms with E-state index in [9.17, 15) is 37.2 Å². The number of aromatic nitrogens is 3. The van der Waals surface area contributed by atoms with Crippen LogP contribution >= 0.6 is 23.2 Å². The molecule has 2 aliphatic rings. The number of ether oxygens (including phenoxy) is 2. The maximum atomic E-state index is 14.1. The molecule has 2 aromatic heterocycles. The number of fused-ring (bicyclic) bond motifs is 2. The number of carbonyl (C=O) groups excluding carboxylic acids is 6. The highest BCUT2D eigenvalue weighted by Crippen LogP contribution is 2.42. The van der Waals surface area contributed by atoms with Crippen LogP contribution in [0.2, 0.25) is 10.0 Å². The van der Waals surface area contributed by atoms with Crippen molar-refractivity contribution in [1.82, 2.24) is 34.6 Å². The zero-order chi connectivity index (χ0) is 49.2. The Morgan fingerprint density at radius 1 is 0.912 bits per heavy atom. The smallest absolute Gasteiger partial charge is 0.281 e. The van der Waals surface area contributed by atoms with E-state index in [0.717, 1.165) is 33.0 Å². The third-order valence-corrected chi connectivity index (χ3v) is 14.2. The van der Waals surface area contributed by atoms with Gasteiger partial charge in [0, 0.05) is 72.9 Å². The lowest BCUT2D eigenvalue weighted by Gasteiger charge is -2.27. The first-order valence-corrected chi connectivity index (χ1v) is 24.4. The highest BCUT2D eigenvalue weighted by atomic mass is 35.5. The van der Waals surface area contributed by atoms with E-state index in [1.54, 1.807) is 34.5 Å². The van der Waals surface area contributed by atoms with E-state index in [0.29, 0.717) is 63.0 Å². The summed E-state index contributed by atoms with van der Waals surface area (Å²) >= 11 is 13.3. The quantitative estimate of drug-likeness (QED) is 0.0617. The molecule has 68 heavy (non-hydrogen) atoms. The Bertz CT molecular complexity index is 2980. The first-order valence-electron chi connectivity index (χ1n) is 22.0. The minimum Gasteiger partial charge on any atom is -0.494 e. The lowest BCUT2D eigenvalue weighted by Crippen LogP contribution is -2.54. The normalized spacial score (nSPS) is 14.9. The average Bonchev–Trinajstić information content (AvgIpc) is 3.81. The molecular weight excluding hydrogens is 940 g/mol. The Labute approximate surface area is 403 Å². The van der Waals surface area contributed by atoms with Crippen LogP contribution in [0.5, 0.6) is 5.75 Å². The van der Waals surface area contributed by atoms with Crippen LogP contribution in [0.1, 0.15) is 85.0 Å². The second kappa shape index (κ2) is 20.5. The summed E-state index contributed by atoms with van der Waals surface area (Å²) in [6.07, 6.45) is 0.779. The van der Waals surface area contributed by atoms with Gasteiger partial charge in [-0.15, -0.1) is 0 Å². The summed E-state index contributed by atoms with van der Waals surface area (Å²) in [5.74, 6) is -3.70. The van der Waals surface area contributed by atoms with Crippen LogP contribution in [0.25, 0.3) is 22.0 Å². The molecular formula is C47H52Cl2N8O10S. The van der Waals surface area contributed by atoms with Gasteiger partial charge in [-0.1, -0.05) is 35.3 Å². The monoisotopic (exact) mass is 990 g/mol. The molecule has 0 spiro atoms. The number of hydrogen-bond acceptors (Lipinski definition) is 12. The molecule has 0 radical (unpaired) electrons. The van der Waals surface area contributed by atoms with Gasteiger partial charge in [0.2, 0.25) is 27.7 Å². The number of carbonyl (C=O) groups is 6. The summed E-state index contributed by atoms with van der Waals surface area (Å²) in [7, 11) is -0.735. The molecule has 1 saturated heterocycles. The summed E-state index contributed by atoms with van der Waals surface area (Å²) < 4.78 is 44.1. The molecule has 21 heteroatoms. The number of piperidine rings is 1. The van der Waals surface area contributed by atoms with E-state index in [-0.39, 0.29) is 62.4 Å². The lowest BCUT2D eigenvalue weighted by atomic mass is 9.98. The number of rotatable bonds is 19. The van der Waals surface area contributed by atoms with Gasteiger partial charge in [-0.2, -0.15) is 5.10 Å². The van der Waals surface area contributed by atoms with Crippen molar-refractivity contribution in [3.63, 3.8) is 0 Å². The molecule has 3 aromatic carbocycles. The van der Waals surface area contributed by atoms with Crippen LogP contribution < -0.4 is 25.4 Å².